The zero-order chi connectivity index (χ0) is 9.64. The van der Waals surface area contributed by atoms with Gasteiger partial charge >= 0.3 is 0 Å². The number of rotatable bonds is 3. The molecule has 2 rings (SSSR count). The van der Waals surface area contributed by atoms with Crippen molar-refractivity contribution in [1.29, 1.82) is 0 Å². The first-order chi connectivity index (χ1) is 6.95. The highest BCUT2D eigenvalue weighted by Crippen LogP contribution is 2.02. The van der Waals surface area contributed by atoms with Crippen molar-refractivity contribution >= 4 is 12.4 Å². The minimum absolute atomic E-state index is 0. The third-order valence-electron chi connectivity index (χ3n) is 2.59. The summed E-state index contributed by atoms with van der Waals surface area (Å²) >= 11 is 0. The molecule has 3 nitrogen and oxygen atoms in total. The maximum atomic E-state index is 4.28. The largest absolute Gasteiger partial charge is 0.315 e. The van der Waals surface area contributed by atoms with Crippen LogP contribution >= 0.6 is 12.4 Å². The predicted octanol–water partition coefficient (Wildman–Crippen LogP) is 1.34. The molecule has 1 aromatic heterocycles. The normalized spacial score (nSPS) is 20.7. The van der Waals surface area contributed by atoms with E-state index >= 15 is 0 Å². The van der Waals surface area contributed by atoms with Gasteiger partial charge in [0, 0.05) is 25.3 Å². The van der Waals surface area contributed by atoms with E-state index in [9.17, 15) is 0 Å². The quantitative estimate of drug-likeness (QED) is 0.819. The topological polar surface area (TPSA) is 37.0 Å². The monoisotopic (exact) mass is 227 g/mol. The number of hydrogen-bond donors (Lipinski definition) is 2. The van der Waals surface area contributed by atoms with E-state index in [4.69, 9.17) is 0 Å². The molecule has 1 fully saturated rings. The highest BCUT2D eigenvalue weighted by molar-refractivity contribution is 5.85. The van der Waals surface area contributed by atoms with Crippen molar-refractivity contribution in [2.45, 2.75) is 25.4 Å². The summed E-state index contributed by atoms with van der Waals surface area (Å²) in [7, 11) is 0. The molecule has 84 valence electrons. The summed E-state index contributed by atoms with van der Waals surface area (Å²) in [5.41, 5.74) is 1.12. The number of nitrogens with zero attached hydrogens (tertiary/aromatic N) is 1. The lowest BCUT2D eigenvalue weighted by atomic mass is 10.1. The molecule has 2 N–H and O–H groups in total. The third kappa shape index (κ3) is 4.16. The van der Waals surface area contributed by atoms with Crippen LogP contribution in [0.4, 0.5) is 0 Å². The lowest BCUT2D eigenvalue weighted by molar-refractivity contribution is 0.387. The highest BCUT2D eigenvalue weighted by atomic mass is 35.5. The molecule has 0 radical (unpaired) electrons. The second kappa shape index (κ2) is 6.77. The summed E-state index contributed by atoms with van der Waals surface area (Å²) in [5, 5.41) is 6.90. The van der Waals surface area contributed by atoms with E-state index in [0.717, 1.165) is 18.8 Å². The van der Waals surface area contributed by atoms with Gasteiger partial charge in [0.05, 0.1) is 5.69 Å². The van der Waals surface area contributed by atoms with Gasteiger partial charge in [-0.25, -0.2) is 0 Å². The predicted molar refractivity (Wildman–Crippen MR) is 64.2 cm³/mol. The average Bonchev–Trinajstić information content (AvgIpc) is 2.29. The Morgan fingerprint density at radius 1 is 1.47 bits per heavy atom. The maximum absolute atomic E-state index is 4.28. The molecule has 1 aromatic rings. The van der Waals surface area contributed by atoms with E-state index in [2.05, 4.69) is 21.7 Å². The van der Waals surface area contributed by atoms with Gasteiger partial charge < -0.3 is 10.6 Å². The van der Waals surface area contributed by atoms with Gasteiger partial charge in [0.25, 0.3) is 0 Å². The number of hydrogen-bond acceptors (Lipinski definition) is 3. The Morgan fingerprint density at radius 2 is 2.40 bits per heavy atom. The minimum atomic E-state index is 0. The Bertz CT molecular complexity index is 260. The molecule has 1 saturated heterocycles. The smallest absolute Gasteiger partial charge is 0.0541 e. The molecule has 1 aliphatic heterocycles. The van der Waals surface area contributed by atoms with Gasteiger partial charge in [-0.1, -0.05) is 6.07 Å². The van der Waals surface area contributed by atoms with Gasteiger partial charge in [-0.05, 0) is 31.5 Å². The zero-order valence-corrected chi connectivity index (χ0v) is 9.59. The van der Waals surface area contributed by atoms with Crippen LogP contribution in [0.2, 0.25) is 0 Å². The first kappa shape index (κ1) is 12.4. The van der Waals surface area contributed by atoms with Gasteiger partial charge in [0.1, 0.15) is 0 Å². The number of nitrogens with one attached hydrogen (secondary N) is 2. The Hall–Kier alpha value is -0.640. The van der Waals surface area contributed by atoms with Crippen LogP contribution in [-0.4, -0.2) is 24.1 Å². The first-order valence-electron chi connectivity index (χ1n) is 5.29. The maximum Gasteiger partial charge on any atom is 0.0541 e. The Balaban J connectivity index is 0.00000112. The van der Waals surface area contributed by atoms with Gasteiger partial charge in [0.2, 0.25) is 0 Å². The van der Waals surface area contributed by atoms with Crippen molar-refractivity contribution < 1.29 is 0 Å². The van der Waals surface area contributed by atoms with Crippen molar-refractivity contribution in [2.24, 2.45) is 0 Å². The molecule has 0 amide bonds. The van der Waals surface area contributed by atoms with E-state index < -0.39 is 0 Å². The number of pyridine rings is 1. The SMILES string of the molecule is Cl.c1ccc(CN[C@@H]2CCCNC2)nc1. The molecule has 0 spiro atoms. The first-order valence-corrected chi connectivity index (χ1v) is 5.29. The number of piperidine rings is 1. The fraction of sp³-hybridized carbons (Fsp3) is 0.545. The Morgan fingerprint density at radius 3 is 3.07 bits per heavy atom. The number of halogens is 1. The molecule has 4 heteroatoms. The van der Waals surface area contributed by atoms with Crippen molar-refractivity contribution in [3.63, 3.8) is 0 Å². The Labute approximate surface area is 97.1 Å². The van der Waals surface area contributed by atoms with E-state index in [0.29, 0.717) is 6.04 Å². The van der Waals surface area contributed by atoms with Crippen LogP contribution in [0.5, 0.6) is 0 Å². The van der Waals surface area contributed by atoms with Crippen LogP contribution in [0.25, 0.3) is 0 Å². The zero-order valence-electron chi connectivity index (χ0n) is 8.78. The molecule has 15 heavy (non-hydrogen) atoms. The van der Waals surface area contributed by atoms with Crippen LogP contribution in [0.15, 0.2) is 24.4 Å². The van der Waals surface area contributed by atoms with Crippen LogP contribution in [0, 0.1) is 0 Å². The molecule has 0 bridgehead atoms. The van der Waals surface area contributed by atoms with Crippen LogP contribution in [0.1, 0.15) is 18.5 Å². The van der Waals surface area contributed by atoms with Crippen LogP contribution < -0.4 is 10.6 Å². The molecule has 0 saturated carbocycles. The number of aromatic nitrogens is 1. The Kier molecular flexibility index (Phi) is 5.61. The van der Waals surface area contributed by atoms with E-state index in [1.165, 1.54) is 19.4 Å². The van der Waals surface area contributed by atoms with Gasteiger partial charge in [0.15, 0.2) is 0 Å². The summed E-state index contributed by atoms with van der Waals surface area (Å²) in [5.74, 6) is 0. The summed E-state index contributed by atoms with van der Waals surface area (Å²) < 4.78 is 0. The van der Waals surface area contributed by atoms with Crippen LogP contribution in [-0.2, 0) is 6.54 Å². The van der Waals surface area contributed by atoms with Crippen molar-refractivity contribution in [3.05, 3.63) is 30.1 Å². The van der Waals surface area contributed by atoms with Crippen molar-refractivity contribution in [3.8, 4) is 0 Å². The standard InChI is InChI=1S/C11H17N3.ClH/c1-2-7-13-11(4-1)9-14-10-5-3-6-12-8-10;/h1-2,4,7,10,12,14H,3,5-6,8-9H2;1H/t10-;/m1./s1. The van der Waals surface area contributed by atoms with Crippen LogP contribution in [0.3, 0.4) is 0 Å². The molecule has 0 aliphatic carbocycles. The fourth-order valence-electron chi connectivity index (χ4n) is 1.78. The molecule has 1 atom stereocenters. The van der Waals surface area contributed by atoms with Gasteiger partial charge in [-0.15, -0.1) is 12.4 Å². The van der Waals surface area contributed by atoms with Crippen molar-refractivity contribution in [2.75, 3.05) is 13.1 Å². The summed E-state index contributed by atoms with van der Waals surface area (Å²) in [6.45, 7) is 3.14. The van der Waals surface area contributed by atoms with E-state index in [1.54, 1.807) is 0 Å². The molecule has 2 heterocycles. The van der Waals surface area contributed by atoms with E-state index in [1.807, 2.05) is 18.3 Å². The van der Waals surface area contributed by atoms with E-state index in [-0.39, 0.29) is 12.4 Å². The molecular formula is C11H18ClN3. The van der Waals surface area contributed by atoms with Gasteiger partial charge in [-0.2, -0.15) is 0 Å². The third-order valence-corrected chi connectivity index (χ3v) is 2.59. The molecule has 0 aromatic carbocycles. The molecule has 0 unspecified atom stereocenters. The lowest BCUT2D eigenvalue weighted by Crippen LogP contribution is -2.42. The molecular weight excluding hydrogens is 210 g/mol. The molecule has 1 aliphatic rings. The average molecular weight is 228 g/mol. The summed E-state index contributed by atoms with van der Waals surface area (Å²) in [4.78, 5) is 4.28. The summed E-state index contributed by atoms with van der Waals surface area (Å²) in [6.07, 6.45) is 4.40. The fourth-order valence-corrected chi connectivity index (χ4v) is 1.78. The van der Waals surface area contributed by atoms with Crippen molar-refractivity contribution in [1.82, 2.24) is 15.6 Å². The second-order valence-electron chi connectivity index (χ2n) is 3.75. The second-order valence-corrected chi connectivity index (χ2v) is 3.75. The lowest BCUT2D eigenvalue weighted by Gasteiger charge is -2.23. The summed E-state index contributed by atoms with van der Waals surface area (Å²) in [6, 6.07) is 6.66. The van der Waals surface area contributed by atoms with Gasteiger partial charge in [-0.3, -0.25) is 4.98 Å². The minimum Gasteiger partial charge on any atom is -0.315 e. The highest BCUT2D eigenvalue weighted by Gasteiger charge is 2.11.